The maximum absolute atomic E-state index is 13.3. The normalized spacial score (nSPS) is 13.2. The molecule has 0 saturated carbocycles. The number of benzene rings is 2. The van der Waals surface area contributed by atoms with E-state index in [1.165, 1.54) is 6.92 Å². The lowest BCUT2D eigenvalue weighted by Gasteiger charge is -2.29. The van der Waals surface area contributed by atoms with Crippen LogP contribution < -0.4 is 5.32 Å². The Hall–Kier alpha value is -2.47. The second-order valence-corrected chi connectivity index (χ2v) is 5.34. The molecule has 0 unspecified atom stereocenters. The monoisotopic (exact) mass is 321 g/mol. The van der Waals surface area contributed by atoms with Gasteiger partial charge in [0.2, 0.25) is 0 Å². The molecule has 0 heterocycles. The van der Waals surface area contributed by atoms with E-state index in [-0.39, 0.29) is 12.2 Å². The Balaban J connectivity index is 2.06. The highest BCUT2D eigenvalue weighted by Crippen LogP contribution is 2.22. The van der Waals surface area contributed by atoms with Crippen LogP contribution >= 0.6 is 0 Å². The first kappa shape index (κ1) is 16.9. The fourth-order valence-corrected chi connectivity index (χ4v) is 2.06. The number of rotatable bonds is 5. The van der Waals surface area contributed by atoms with Gasteiger partial charge in [0.25, 0.3) is 0 Å². The largest absolute Gasteiger partial charge is 0.445 e. The number of alkyl carbamates (subject to hydrolysis) is 1. The van der Waals surface area contributed by atoms with Crippen LogP contribution in [-0.2, 0) is 16.9 Å². The number of amides is 1. The number of aliphatic hydroxyl groups is 1. The molecule has 0 aliphatic rings. The molecule has 4 nitrogen and oxygen atoms in total. The molecule has 2 N–H and O–H groups in total. The highest BCUT2D eigenvalue weighted by atomic mass is 19.1. The van der Waals surface area contributed by atoms with Crippen LogP contribution in [0.15, 0.2) is 48.5 Å². The second-order valence-electron chi connectivity index (χ2n) is 5.34. The topological polar surface area (TPSA) is 58.6 Å². The molecule has 2 rings (SSSR count). The lowest BCUT2D eigenvalue weighted by molar-refractivity contribution is 0.111. The summed E-state index contributed by atoms with van der Waals surface area (Å²) in [6, 6.07) is 11.9. The summed E-state index contributed by atoms with van der Waals surface area (Å²) in [5, 5.41) is 12.0. The van der Waals surface area contributed by atoms with Crippen molar-refractivity contribution < 1.29 is 23.4 Å². The van der Waals surface area contributed by atoms with Crippen LogP contribution in [0.2, 0.25) is 0 Å². The lowest BCUT2D eigenvalue weighted by atomic mass is 9.93. The second kappa shape index (κ2) is 7.19. The minimum Gasteiger partial charge on any atom is -0.445 e. The summed E-state index contributed by atoms with van der Waals surface area (Å²) < 4.78 is 31.7. The smallest absolute Gasteiger partial charge is 0.408 e. The van der Waals surface area contributed by atoms with Crippen LogP contribution in [0.5, 0.6) is 0 Å². The molecule has 23 heavy (non-hydrogen) atoms. The Morgan fingerprint density at radius 1 is 1.17 bits per heavy atom. The van der Waals surface area contributed by atoms with E-state index in [0.717, 1.165) is 23.8 Å². The summed E-state index contributed by atoms with van der Waals surface area (Å²) in [5.74, 6) is -1.58. The number of halogens is 2. The zero-order chi connectivity index (χ0) is 16.9. The number of hydrogen-bond donors (Lipinski definition) is 2. The molecule has 0 aromatic heterocycles. The Morgan fingerprint density at radius 3 is 2.35 bits per heavy atom. The van der Waals surface area contributed by atoms with Gasteiger partial charge in [-0.2, -0.15) is 0 Å². The molecule has 1 atom stereocenters. The lowest BCUT2D eigenvalue weighted by Crippen LogP contribution is -2.46. The van der Waals surface area contributed by atoms with E-state index in [0.29, 0.717) is 0 Å². The molecule has 1 amide bonds. The summed E-state index contributed by atoms with van der Waals surface area (Å²) in [7, 11) is 0. The van der Waals surface area contributed by atoms with Crippen LogP contribution in [0.25, 0.3) is 0 Å². The molecule has 6 heteroatoms. The van der Waals surface area contributed by atoms with Crippen molar-refractivity contribution in [3.63, 3.8) is 0 Å². The van der Waals surface area contributed by atoms with Gasteiger partial charge >= 0.3 is 6.09 Å². The average Bonchev–Trinajstić information content (AvgIpc) is 2.53. The van der Waals surface area contributed by atoms with Crippen molar-refractivity contribution >= 4 is 6.09 Å². The van der Waals surface area contributed by atoms with E-state index in [2.05, 4.69) is 5.32 Å². The summed E-state index contributed by atoms with van der Waals surface area (Å²) >= 11 is 0. The fourth-order valence-electron chi connectivity index (χ4n) is 2.06. The van der Waals surface area contributed by atoms with Gasteiger partial charge in [-0.1, -0.05) is 30.3 Å². The Kier molecular flexibility index (Phi) is 5.28. The van der Waals surface area contributed by atoms with Gasteiger partial charge in [-0.05, 0) is 30.2 Å². The quantitative estimate of drug-likeness (QED) is 0.890. The van der Waals surface area contributed by atoms with E-state index in [9.17, 15) is 18.7 Å². The molecule has 0 fully saturated rings. The van der Waals surface area contributed by atoms with Gasteiger partial charge in [-0.25, -0.2) is 13.6 Å². The minimum absolute atomic E-state index is 0.0473. The van der Waals surface area contributed by atoms with E-state index in [1.807, 2.05) is 18.2 Å². The van der Waals surface area contributed by atoms with Crippen LogP contribution in [0.4, 0.5) is 13.6 Å². The Bertz CT molecular complexity index is 659. The minimum atomic E-state index is -1.36. The molecule has 2 aromatic carbocycles. The maximum atomic E-state index is 13.3. The zero-order valence-corrected chi connectivity index (χ0v) is 12.6. The van der Waals surface area contributed by atoms with Crippen LogP contribution in [0, 0.1) is 11.6 Å². The summed E-state index contributed by atoms with van der Waals surface area (Å²) in [6.07, 6.45) is -0.796. The zero-order valence-electron chi connectivity index (χ0n) is 12.6. The van der Waals surface area contributed by atoms with Gasteiger partial charge in [0, 0.05) is 6.07 Å². The average molecular weight is 321 g/mol. The highest BCUT2D eigenvalue weighted by Gasteiger charge is 2.29. The number of aliphatic hydroxyl groups excluding tert-OH is 1. The first-order valence-electron chi connectivity index (χ1n) is 6.99. The van der Waals surface area contributed by atoms with E-state index in [4.69, 9.17) is 4.74 Å². The predicted molar refractivity (Wildman–Crippen MR) is 80.6 cm³/mol. The molecule has 122 valence electrons. The third kappa shape index (κ3) is 4.50. The van der Waals surface area contributed by atoms with Crippen molar-refractivity contribution in [2.24, 2.45) is 0 Å². The molecular weight excluding hydrogens is 304 g/mol. The van der Waals surface area contributed by atoms with Crippen LogP contribution in [-0.4, -0.2) is 17.8 Å². The number of carbonyl (C=O) groups excluding carboxylic acids is 1. The van der Waals surface area contributed by atoms with E-state index in [1.54, 1.807) is 12.1 Å². The van der Waals surface area contributed by atoms with Gasteiger partial charge in [0.1, 0.15) is 18.2 Å². The molecule has 0 saturated heterocycles. The first-order chi connectivity index (χ1) is 10.9. The number of hydrogen-bond acceptors (Lipinski definition) is 3. The van der Waals surface area contributed by atoms with Crippen LogP contribution in [0.1, 0.15) is 18.1 Å². The molecule has 2 aromatic rings. The van der Waals surface area contributed by atoms with Crippen molar-refractivity contribution in [3.8, 4) is 0 Å². The summed E-state index contributed by atoms with van der Waals surface area (Å²) in [4.78, 5) is 11.9. The van der Waals surface area contributed by atoms with Crippen molar-refractivity contribution in [2.45, 2.75) is 19.1 Å². The Labute approximate surface area is 132 Å². The number of nitrogens with one attached hydrogen (secondary N) is 1. The molecule has 0 aliphatic heterocycles. The third-order valence-electron chi connectivity index (χ3n) is 3.41. The van der Waals surface area contributed by atoms with Gasteiger partial charge in [0.15, 0.2) is 0 Å². The van der Waals surface area contributed by atoms with Gasteiger partial charge < -0.3 is 15.2 Å². The molecule has 0 spiro atoms. The standard InChI is InChI=1S/C17H17F2NO3/c1-17(11-21,13-7-14(18)9-15(19)8-13)20-16(22)23-10-12-5-3-2-4-6-12/h2-9,21H,10-11H2,1H3,(H,20,22)/t17-/m1/s1. The van der Waals surface area contributed by atoms with Gasteiger partial charge in [0.05, 0.1) is 12.1 Å². The van der Waals surface area contributed by atoms with Crippen molar-refractivity contribution in [1.82, 2.24) is 5.32 Å². The van der Waals surface area contributed by atoms with Crippen LogP contribution in [0.3, 0.4) is 0 Å². The molecule has 0 bridgehead atoms. The molecule has 0 radical (unpaired) electrons. The summed E-state index contributed by atoms with van der Waals surface area (Å²) in [6.45, 7) is 0.951. The SMILES string of the molecule is C[C@](CO)(NC(=O)OCc1ccccc1)c1cc(F)cc(F)c1. The van der Waals surface area contributed by atoms with Crippen molar-refractivity contribution in [3.05, 3.63) is 71.3 Å². The molecule has 0 aliphatic carbocycles. The van der Waals surface area contributed by atoms with Crippen molar-refractivity contribution in [2.75, 3.05) is 6.61 Å². The predicted octanol–water partition coefficient (Wildman–Crippen LogP) is 3.10. The molecular formula is C17H17F2NO3. The maximum Gasteiger partial charge on any atom is 0.408 e. The highest BCUT2D eigenvalue weighted by molar-refractivity contribution is 5.68. The fraction of sp³-hybridized carbons (Fsp3) is 0.235. The van der Waals surface area contributed by atoms with Gasteiger partial charge in [-0.15, -0.1) is 0 Å². The first-order valence-corrected chi connectivity index (χ1v) is 6.99. The number of carbonyl (C=O) groups is 1. The Morgan fingerprint density at radius 2 is 1.78 bits per heavy atom. The van der Waals surface area contributed by atoms with E-state index >= 15 is 0 Å². The summed E-state index contributed by atoms with van der Waals surface area (Å²) in [5.41, 5.74) is -0.462. The van der Waals surface area contributed by atoms with E-state index < -0.39 is 29.9 Å². The van der Waals surface area contributed by atoms with Gasteiger partial charge in [-0.3, -0.25) is 0 Å². The van der Waals surface area contributed by atoms with Crippen molar-refractivity contribution in [1.29, 1.82) is 0 Å². The number of ether oxygens (including phenoxy) is 1. The third-order valence-corrected chi connectivity index (χ3v) is 3.41.